The highest BCUT2D eigenvalue weighted by atomic mass is 16.2. The number of carbonyl (C=O) groups is 1. The number of nitrogens with one attached hydrogen (secondary N) is 2. The molecule has 2 heterocycles. The van der Waals surface area contributed by atoms with E-state index in [4.69, 9.17) is 0 Å². The van der Waals surface area contributed by atoms with E-state index in [9.17, 15) is 4.79 Å². The third-order valence-electron chi connectivity index (χ3n) is 5.27. The Hall–Kier alpha value is -3.09. The number of pyridine rings is 1. The van der Waals surface area contributed by atoms with Crippen molar-refractivity contribution in [1.29, 1.82) is 0 Å². The molecule has 1 aliphatic carbocycles. The second kappa shape index (κ2) is 7.50. The first kappa shape index (κ1) is 18.3. The standard InChI is InChI=1S/C21H26N6O/c1-14(15-8-9-15)27-13-17(12-23-27)24-21(28)22-11-16-10-20(26(2)3)25-19-7-5-4-6-18(16)19/h4-7,10,12-15H,8-9,11H2,1-3H3,(H2,22,24,28). The van der Waals surface area contributed by atoms with Gasteiger partial charge in [0.05, 0.1) is 23.4 Å². The number of hydrogen-bond donors (Lipinski definition) is 2. The molecule has 1 unspecified atom stereocenters. The van der Waals surface area contributed by atoms with E-state index in [0.29, 0.717) is 24.2 Å². The van der Waals surface area contributed by atoms with E-state index < -0.39 is 0 Å². The van der Waals surface area contributed by atoms with Crippen molar-refractivity contribution in [2.45, 2.75) is 32.4 Å². The minimum Gasteiger partial charge on any atom is -0.363 e. The molecule has 7 heteroatoms. The second-order valence-corrected chi connectivity index (χ2v) is 7.65. The first-order valence-electron chi connectivity index (χ1n) is 9.66. The summed E-state index contributed by atoms with van der Waals surface area (Å²) < 4.78 is 1.94. The normalized spacial score (nSPS) is 14.7. The zero-order valence-corrected chi connectivity index (χ0v) is 16.5. The lowest BCUT2D eigenvalue weighted by Gasteiger charge is -2.15. The molecule has 1 atom stereocenters. The van der Waals surface area contributed by atoms with Gasteiger partial charge in [0.1, 0.15) is 5.82 Å². The summed E-state index contributed by atoms with van der Waals surface area (Å²) in [4.78, 5) is 19.0. The van der Waals surface area contributed by atoms with E-state index in [1.165, 1.54) is 12.8 Å². The Morgan fingerprint density at radius 1 is 1.32 bits per heavy atom. The SMILES string of the molecule is CC(C1CC1)n1cc(NC(=O)NCc2cc(N(C)C)nc3ccccc23)cn1. The van der Waals surface area contributed by atoms with E-state index >= 15 is 0 Å². The number of urea groups is 1. The number of anilines is 2. The van der Waals surface area contributed by atoms with Crippen molar-refractivity contribution in [3.63, 3.8) is 0 Å². The summed E-state index contributed by atoms with van der Waals surface area (Å²) in [6, 6.07) is 10.1. The Kier molecular flexibility index (Phi) is 4.90. The van der Waals surface area contributed by atoms with Gasteiger partial charge in [0.25, 0.3) is 0 Å². The maximum absolute atomic E-state index is 12.4. The number of aromatic nitrogens is 3. The third-order valence-corrected chi connectivity index (χ3v) is 5.27. The van der Waals surface area contributed by atoms with Crippen LogP contribution in [0.2, 0.25) is 0 Å². The third kappa shape index (κ3) is 3.93. The summed E-state index contributed by atoms with van der Waals surface area (Å²) in [5, 5.41) is 11.2. The van der Waals surface area contributed by atoms with Gasteiger partial charge in [-0.1, -0.05) is 18.2 Å². The first-order valence-corrected chi connectivity index (χ1v) is 9.66. The highest BCUT2D eigenvalue weighted by molar-refractivity contribution is 5.90. The van der Waals surface area contributed by atoms with Gasteiger partial charge < -0.3 is 15.5 Å². The minimum atomic E-state index is -0.245. The molecular formula is C21H26N6O. The molecule has 28 heavy (non-hydrogen) atoms. The molecule has 1 saturated carbocycles. The van der Waals surface area contributed by atoms with E-state index in [2.05, 4.69) is 27.6 Å². The molecule has 3 aromatic rings. The largest absolute Gasteiger partial charge is 0.363 e. The van der Waals surface area contributed by atoms with Crippen LogP contribution in [-0.2, 0) is 6.54 Å². The topological polar surface area (TPSA) is 75.1 Å². The molecule has 1 aliphatic rings. The minimum absolute atomic E-state index is 0.245. The number of hydrogen-bond acceptors (Lipinski definition) is 4. The molecule has 0 aliphatic heterocycles. The zero-order chi connectivity index (χ0) is 19.7. The van der Waals surface area contributed by atoms with Crippen LogP contribution in [0, 0.1) is 5.92 Å². The van der Waals surface area contributed by atoms with Crippen molar-refractivity contribution in [2.75, 3.05) is 24.3 Å². The van der Waals surface area contributed by atoms with Crippen LogP contribution in [0.3, 0.4) is 0 Å². The van der Waals surface area contributed by atoms with Crippen molar-refractivity contribution < 1.29 is 4.79 Å². The average Bonchev–Trinajstić information content (AvgIpc) is 3.44. The summed E-state index contributed by atoms with van der Waals surface area (Å²) >= 11 is 0. The van der Waals surface area contributed by atoms with Gasteiger partial charge in [-0.2, -0.15) is 5.10 Å². The lowest BCUT2D eigenvalue weighted by atomic mass is 10.1. The van der Waals surface area contributed by atoms with Gasteiger partial charge in [-0.05, 0) is 43.4 Å². The molecule has 0 spiro atoms. The number of benzene rings is 1. The van der Waals surface area contributed by atoms with Crippen molar-refractivity contribution >= 4 is 28.4 Å². The van der Waals surface area contributed by atoms with Gasteiger partial charge >= 0.3 is 6.03 Å². The van der Waals surface area contributed by atoms with E-state index in [1.54, 1.807) is 6.20 Å². The summed E-state index contributed by atoms with van der Waals surface area (Å²) in [6.45, 7) is 2.59. The van der Waals surface area contributed by atoms with Crippen LogP contribution in [0.25, 0.3) is 10.9 Å². The summed E-state index contributed by atoms with van der Waals surface area (Å²) in [7, 11) is 3.92. The molecule has 1 aromatic carbocycles. The fraction of sp³-hybridized carbons (Fsp3) is 0.381. The highest BCUT2D eigenvalue weighted by Crippen LogP contribution is 2.39. The Labute approximate surface area is 164 Å². The first-order chi connectivity index (χ1) is 13.5. The molecule has 0 radical (unpaired) electrons. The highest BCUT2D eigenvalue weighted by Gasteiger charge is 2.29. The fourth-order valence-corrected chi connectivity index (χ4v) is 3.38. The summed E-state index contributed by atoms with van der Waals surface area (Å²) in [6.07, 6.45) is 6.12. The van der Waals surface area contributed by atoms with E-state index in [0.717, 1.165) is 22.3 Å². The quantitative estimate of drug-likeness (QED) is 0.684. The number of carbonyl (C=O) groups excluding carboxylic acids is 1. The van der Waals surface area contributed by atoms with E-state index in [-0.39, 0.29) is 6.03 Å². The maximum atomic E-state index is 12.4. The van der Waals surface area contributed by atoms with Crippen molar-refractivity contribution in [3.05, 3.63) is 48.3 Å². The molecule has 0 saturated heterocycles. The van der Waals surface area contributed by atoms with Crippen molar-refractivity contribution in [3.8, 4) is 0 Å². The average molecular weight is 378 g/mol. The van der Waals surface area contributed by atoms with Crippen LogP contribution in [-0.4, -0.2) is 34.9 Å². The second-order valence-electron chi connectivity index (χ2n) is 7.65. The van der Waals surface area contributed by atoms with Gasteiger partial charge in [0.15, 0.2) is 0 Å². The smallest absolute Gasteiger partial charge is 0.319 e. The summed E-state index contributed by atoms with van der Waals surface area (Å²) in [5.74, 6) is 1.58. The van der Waals surface area contributed by atoms with E-state index in [1.807, 2.05) is 60.2 Å². The van der Waals surface area contributed by atoms with Gasteiger partial charge in [-0.15, -0.1) is 0 Å². The Morgan fingerprint density at radius 3 is 2.86 bits per heavy atom. The van der Waals surface area contributed by atoms with Crippen LogP contribution in [0.15, 0.2) is 42.7 Å². The lowest BCUT2D eigenvalue weighted by Crippen LogP contribution is -2.28. The van der Waals surface area contributed by atoms with Crippen molar-refractivity contribution in [2.24, 2.45) is 5.92 Å². The predicted octanol–water partition coefficient (Wildman–Crippen LogP) is 3.79. The van der Waals surface area contributed by atoms with Crippen LogP contribution >= 0.6 is 0 Å². The summed E-state index contributed by atoms with van der Waals surface area (Å²) in [5.41, 5.74) is 2.65. The number of rotatable bonds is 6. The number of nitrogens with zero attached hydrogens (tertiary/aromatic N) is 4. The van der Waals surface area contributed by atoms with Gasteiger partial charge in [-0.25, -0.2) is 9.78 Å². The number of para-hydroxylation sites is 1. The number of amides is 2. The Morgan fingerprint density at radius 2 is 2.11 bits per heavy atom. The van der Waals surface area contributed by atoms with Crippen LogP contribution in [0.4, 0.5) is 16.3 Å². The molecule has 7 nitrogen and oxygen atoms in total. The molecule has 2 aromatic heterocycles. The molecule has 4 rings (SSSR count). The molecular weight excluding hydrogens is 352 g/mol. The molecule has 2 amide bonds. The Bertz CT molecular complexity index is 991. The zero-order valence-electron chi connectivity index (χ0n) is 16.5. The van der Waals surface area contributed by atoms with Crippen molar-refractivity contribution in [1.82, 2.24) is 20.1 Å². The number of fused-ring (bicyclic) bond motifs is 1. The molecule has 146 valence electrons. The predicted molar refractivity (Wildman–Crippen MR) is 112 cm³/mol. The Balaban J connectivity index is 1.43. The molecule has 1 fully saturated rings. The van der Waals surface area contributed by atoms with Crippen LogP contribution in [0.1, 0.15) is 31.4 Å². The monoisotopic (exact) mass is 378 g/mol. The fourth-order valence-electron chi connectivity index (χ4n) is 3.38. The van der Waals surface area contributed by atoms with Gasteiger partial charge in [-0.3, -0.25) is 4.68 Å². The van der Waals surface area contributed by atoms with Crippen LogP contribution < -0.4 is 15.5 Å². The molecule has 0 bridgehead atoms. The van der Waals surface area contributed by atoms with Crippen LogP contribution in [0.5, 0.6) is 0 Å². The maximum Gasteiger partial charge on any atom is 0.319 e. The lowest BCUT2D eigenvalue weighted by molar-refractivity contribution is 0.252. The van der Waals surface area contributed by atoms with Gasteiger partial charge in [0, 0.05) is 32.2 Å². The van der Waals surface area contributed by atoms with Gasteiger partial charge in [0.2, 0.25) is 0 Å². The molecule has 2 N–H and O–H groups in total.